The van der Waals surface area contributed by atoms with Crippen molar-refractivity contribution in [3.63, 3.8) is 0 Å². The van der Waals surface area contributed by atoms with Gasteiger partial charge in [-0.1, -0.05) is 6.07 Å². The van der Waals surface area contributed by atoms with Crippen molar-refractivity contribution in [2.24, 2.45) is 0 Å². The number of aryl methyl sites for hydroxylation is 2. The van der Waals surface area contributed by atoms with Crippen molar-refractivity contribution in [3.05, 3.63) is 64.7 Å². The van der Waals surface area contributed by atoms with Crippen molar-refractivity contribution < 1.29 is 9.59 Å². The van der Waals surface area contributed by atoms with Crippen LogP contribution in [0.4, 0.5) is 10.8 Å². The maximum atomic E-state index is 12.2. The van der Waals surface area contributed by atoms with Crippen molar-refractivity contribution in [2.75, 3.05) is 10.6 Å². The molecule has 2 N–H and O–H groups in total. The molecule has 3 rings (SSSR count). The second-order valence-corrected chi connectivity index (χ2v) is 6.55. The molecule has 0 spiro atoms. The first-order chi connectivity index (χ1) is 12.5. The topological polar surface area (TPSA) is 96.9 Å². The highest BCUT2D eigenvalue weighted by Crippen LogP contribution is 2.18. The van der Waals surface area contributed by atoms with Crippen LogP contribution in [-0.4, -0.2) is 26.8 Å². The van der Waals surface area contributed by atoms with Crippen molar-refractivity contribution in [1.29, 1.82) is 0 Å². The van der Waals surface area contributed by atoms with Crippen LogP contribution in [0.2, 0.25) is 0 Å². The summed E-state index contributed by atoms with van der Waals surface area (Å²) in [7, 11) is 0. The minimum Gasteiger partial charge on any atom is -0.326 e. The summed E-state index contributed by atoms with van der Waals surface area (Å²) in [6.07, 6.45) is 3.11. The first kappa shape index (κ1) is 17.7. The van der Waals surface area contributed by atoms with E-state index >= 15 is 0 Å². The van der Waals surface area contributed by atoms with E-state index in [0.717, 1.165) is 11.3 Å². The lowest BCUT2D eigenvalue weighted by Crippen LogP contribution is -2.16. The molecule has 0 aliphatic heterocycles. The van der Waals surface area contributed by atoms with Gasteiger partial charge in [-0.15, -0.1) is 11.3 Å². The molecule has 7 nitrogen and oxygen atoms in total. The largest absolute Gasteiger partial charge is 0.326 e. The number of nitrogens with one attached hydrogen (secondary N) is 2. The fourth-order valence-corrected chi connectivity index (χ4v) is 2.91. The van der Waals surface area contributed by atoms with Crippen LogP contribution < -0.4 is 10.6 Å². The number of aromatic nitrogens is 3. The number of thiazole rings is 1. The Morgan fingerprint density at radius 2 is 1.85 bits per heavy atom. The standard InChI is InChI=1S/C18H17N5O2S/c1-11-4-5-13(8-12(11)2)21-15(24)9-14-10-26-18(22-14)23-17(25)16-19-6-3-7-20-16/h3-8,10H,9H2,1-2H3,(H,21,24)(H,22,23,25). The number of anilines is 2. The summed E-state index contributed by atoms with van der Waals surface area (Å²) in [5.74, 6) is -0.536. The number of nitrogens with zero attached hydrogens (tertiary/aromatic N) is 3. The summed E-state index contributed by atoms with van der Waals surface area (Å²) >= 11 is 1.25. The van der Waals surface area contributed by atoms with Gasteiger partial charge in [0.2, 0.25) is 11.7 Å². The van der Waals surface area contributed by atoms with Gasteiger partial charge in [0.05, 0.1) is 12.1 Å². The third-order valence-electron chi connectivity index (χ3n) is 3.67. The van der Waals surface area contributed by atoms with Crippen molar-refractivity contribution in [2.45, 2.75) is 20.3 Å². The molecule has 0 saturated carbocycles. The van der Waals surface area contributed by atoms with Gasteiger partial charge in [-0.25, -0.2) is 15.0 Å². The maximum Gasteiger partial charge on any atom is 0.295 e. The molecule has 132 valence electrons. The van der Waals surface area contributed by atoms with E-state index in [1.54, 1.807) is 11.4 Å². The van der Waals surface area contributed by atoms with Gasteiger partial charge >= 0.3 is 0 Å². The number of benzene rings is 1. The lowest BCUT2D eigenvalue weighted by atomic mass is 10.1. The minimum atomic E-state index is -0.439. The number of hydrogen-bond donors (Lipinski definition) is 2. The Morgan fingerprint density at radius 3 is 2.58 bits per heavy atom. The third-order valence-corrected chi connectivity index (χ3v) is 4.48. The van der Waals surface area contributed by atoms with E-state index in [2.05, 4.69) is 25.6 Å². The van der Waals surface area contributed by atoms with Gasteiger partial charge in [0, 0.05) is 23.5 Å². The zero-order chi connectivity index (χ0) is 18.5. The van der Waals surface area contributed by atoms with Gasteiger partial charge in [-0.3, -0.25) is 14.9 Å². The first-order valence-corrected chi connectivity index (χ1v) is 8.79. The Bertz CT molecular complexity index is 940. The van der Waals surface area contributed by atoms with Crippen molar-refractivity contribution in [1.82, 2.24) is 15.0 Å². The molecule has 0 unspecified atom stereocenters. The summed E-state index contributed by atoms with van der Waals surface area (Å²) < 4.78 is 0. The highest BCUT2D eigenvalue weighted by Gasteiger charge is 2.13. The molecule has 8 heteroatoms. The Hall–Kier alpha value is -3.13. The molecular weight excluding hydrogens is 350 g/mol. The molecular formula is C18H17N5O2S. The quantitative estimate of drug-likeness (QED) is 0.723. The lowest BCUT2D eigenvalue weighted by Gasteiger charge is -2.06. The van der Waals surface area contributed by atoms with E-state index in [1.165, 1.54) is 29.3 Å². The Kier molecular flexibility index (Phi) is 5.33. The van der Waals surface area contributed by atoms with Crippen LogP contribution in [0.3, 0.4) is 0 Å². The number of carbonyl (C=O) groups is 2. The second kappa shape index (κ2) is 7.83. The Balaban J connectivity index is 1.58. The monoisotopic (exact) mass is 367 g/mol. The number of hydrogen-bond acceptors (Lipinski definition) is 6. The molecule has 2 aromatic heterocycles. The molecule has 2 amide bonds. The molecule has 0 aliphatic rings. The lowest BCUT2D eigenvalue weighted by molar-refractivity contribution is -0.115. The van der Waals surface area contributed by atoms with Crippen LogP contribution in [0.5, 0.6) is 0 Å². The molecule has 3 aromatic rings. The van der Waals surface area contributed by atoms with Crippen LogP contribution >= 0.6 is 11.3 Å². The Morgan fingerprint density at radius 1 is 1.08 bits per heavy atom. The molecule has 0 bridgehead atoms. The SMILES string of the molecule is Cc1ccc(NC(=O)Cc2csc(NC(=O)c3ncccn3)n2)cc1C. The summed E-state index contributed by atoms with van der Waals surface area (Å²) in [6.45, 7) is 4.02. The molecule has 0 aliphatic carbocycles. The molecule has 0 saturated heterocycles. The fourth-order valence-electron chi connectivity index (χ4n) is 2.20. The normalized spacial score (nSPS) is 10.4. The van der Waals surface area contributed by atoms with E-state index in [1.807, 2.05) is 32.0 Å². The predicted molar refractivity (Wildman–Crippen MR) is 100 cm³/mol. The van der Waals surface area contributed by atoms with E-state index in [9.17, 15) is 9.59 Å². The van der Waals surface area contributed by atoms with Crippen molar-refractivity contribution in [3.8, 4) is 0 Å². The first-order valence-electron chi connectivity index (χ1n) is 7.91. The smallest absolute Gasteiger partial charge is 0.295 e. The molecule has 0 radical (unpaired) electrons. The van der Waals surface area contributed by atoms with E-state index < -0.39 is 5.91 Å². The summed E-state index contributed by atoms with van der Waals surface area (Å²) in [4.78, 5) is 36.2. The van der Waals surface area contributed by atoms with E-state index in [0.29, 0.717) is 10.8 Å². The molecule has 26 heavy (non-hydrogen) atoms. The third kappa shape index (κ3) is 4.48. The second-order valence-electron chi connectivity index (χ2n) is 5.69. The summed E-state index contributed by atoms with van der Waals surface area (Å²) in [5, 5.41) is 7.62. The van der Waals surface area contributed by atoms with Crippen LogP contribution in [0.25, 0.3) is 0 Å². The minimum absolute atomic E-state index is 0.0664. The van der Waals surface area contributed by atoms with Gasteiger partial charge in [-0.05, 0) is 43.2 Å². The average molecular weight is 367 g/mol. The van der Waals surface area contributed by atoms with Crippen LogP contribution in [0, 0.1) is 13.8 Å². The van der Waals surface area contributed by atoms with Crippen LogP contribution in [0.15, 0.2) is 42.0 Å². The fraction of sp³-hybridized carbons (Fsp3) is 0.167. The van der Waals surface area contributed by atoms with Gasteiger partial charge < -0.3 is 5.32 Å². The van der Waals surface area contributed by atoms with Gasteiger partial charge in [0.25, 0.3) is 5.91 Å². The zero-order valence-electron chi connectivity index (χ0n) is 14.3. The maximum absolute atomic E-state index is 12.2. The molecule has 1 aromatic carbocycles. The van der Waals surface area contributed by atoms with Crippen LogP contribution in [-0.2, 0) is 11.2 Å². The number of rotatable bonds is 5. The van der Waals surface area contributed by atoms with E-state index in [-0.39, 0.29) is 18.2 Å². The summed E-state index contributed by atoms with van der Waals surface area (Å²) in [6, 6.07) is 7.39. The summed E-state index contributed by atoms with van der Waals surface area (Å²) in [5.41, 5.74) is 3.62. The van der Waals surface area contributed by atoms with Gasteiger partial charge in [0.1, 0.15) is 0 Å². The molecule has 2 heterocycles. The molecule has 0 fully saturated rings. The highest BCUT2D eigenvalue weighted by atomic mass is 32.1. The zero-order valence-corrected chi connectivity index (χ0v) is 15.1. The van der Waals surface area contributed by atoms with Crippen LogP contribution in [0.1, 0.15) is 27.4 Å². The van der Waals surface area contributed by atoms with Crippen molar-refractivity contribution >= 4 is 34.0 Å². The van der Waals surface area contributed by atoms with E-state index in [4.69, 9.17) is 0 Å². The highest BCUT2D eigenvalue weighted by molar-refractivity contribution is 7.14. The van der Waals surface area contributed by atoms with Gasteiger partial charge in [0.15, 0.2) is 5.13 Å². The Labute approximate surface area is 154 Å². The average Bonchev–Trinajstić information content (AvgIpc) is 3.05. The predicted octanol–water partition coefficient (Wildman–Crippen LogP) is 2.98. The number of carbonyl (C=O) groups excluding carboxylic acids is 2. The molecule has 0 atom stereocenters. The number of amides is 2. The van der Waals surface area contributed by atoms with Gasteiger partial charge in [-0.2, -0.15) is 0 Å².